The van der Waals surface area contributed by atoms with Crippen molar-refractivity contribution in [1.29, 1.82) is 0 Å². The molecule has 114 valence electrons. The highest BCUT2D eigenvalue weighted by Gasteiger charge is 2.31. The first-order valence-corrected chi connectivity index (χ1v) is 7.30. The van der Waals surface area contributed by atoms with E-state index in [0.717, 1.165) is 25.0 Å². The van der Waals surface area contributed by atoms with E-state index in [1.807, 2.05) is 25.1 Å². The lowest BCUT2D eigenvalue weighted by Crippen LogP contribution is -2.49. The predicted octanol–water partition coefficient (Wildman–Crippen LogP) is 2.18. The normalized spacial score (nSPS) is 20.4. The van der Waals surface area contributed by atoms with E-state index in [1.54, 1.807) is 6.20 Å². The van der Waals surface area contributed by atoms with Crippen LogP contribution in [0.4, 0.5) is 4.79 Å². The number of rotatable bonds is 3. The van der Waals surface area contributed by atoms with Crippen molar-refractivity contribution in [3.05, 3.63) is 30.1 Å². The Morgan fingerprint density at radius 2 is 2.19 bits per heavy atom. The predicted molar refractivity (Wildman–Crippen MR) is 77.8 cm³/mol. The molecule has 2 atom stereocenters. The number of hydrogen-bond donors (Lipinski definition) is 2. The molecule has 2 heterocycles. The fraction of sp³-hybridized carbons (Fsp3) is 0.533. The van der Waals surface area contributed by atoms with Crippen molar-refractivity contribution in [2.45, 2.75) is 44.7 Å². The van der Waals surface area contributed by atoms with Crippen LogP contribution in [-0.2, 0) is 4.79 Å². The van der Waals surface area contributed by atoms with Gasteiger partial charge in [0.15, 0.2) is 0 Å². The Bertz CT molecular complexity index is 492. The Kier molecular flexibility index (Phi) is 5.14. The molecule has 1 aliphatic heterocycles. The number of aromatic nitrogens is 1. The molecule has 0 saturated carbocycles. The highest BCUT2D eigenvalue weighted by Crippen LogP contribution is 2.18. The van der Waals surface area contributed by atoms with Gasteiger partial charge in [0.2, 0.25) is 0 Å². The summed E-state index contributed by atoms with van der Waals surface area (Å²) >= 11 is 0. The lowest BCUT2D eigenvalue weighted by molar-refractivity contribution is -0.142. The quantitative estimate of drug-likeness (QED) is 0.894. The van der Waals surface area contributed by atoms with Crippen molar-refractivity contribution in [3.8, 4) is 0 Å². The maximum atomic E-state index is 12.4. The fourth-order valence-corrected chi connectivity index (χ4v) is 2.58. The number of amides is 2. The molecule has 1 saturated heterocycles. The second-order valence-corrected chi connectivity index (χ2v) is 5.32. The smallest absolute Gasteiger partial charge is 0.326 e. The van der Waals surface area contributed by atoms with Gasteiger partial charge in [-0.1, -0.05) is 18.9 Å². The third kappa shape index (κ3) is 3.93. The van der Waals surface area contributed by atoms with Gasteiger partial charge in [0.1, 0.15) is 6.04 Å². The number of nitrogens with one attached hydrogen (secondary N) is 1. The van der Waals surface area contributed by atoms with E-state index in [9.17, 15) is 14.7 Å². The molecule has 2 N–H and O–H groups in total. The van der Waals surface area contributed by atoms with Crippen LogP contribution in [0.2, 0.25) is 0 Å². The van der Waals surface area contributed by atoms with Gasteiger partial charge < -0.3 is 15.3 Å². The van der Waals surface area contributed by atoms with Gasteiger partial charge in [0.05, 0.1) is 11.7 Å². The number of likely N-dealkylation sites (tertiary alicyclic amines) is 1. The number of nitrogens with zero attached hydrogens (tertiary/aromatic N) is 2. The third-order valence-electron chi connectivity index (χ3n) is 3.77. The fourth-order valence-electron chi connectivity index (χ4n) is 2.58. The molecular weight excluding hydrogens is 270 g/mol. The topological polar surface area (TPSA) is 82.5 Å². The summed E-state index contributed by atoms with van der Waals surface area (Å²) in [4.78, 5) is 29.4. The first-order chi connectivity index (χ1) is 10.1. The molecule has 1 aliphatic rings. The van der Waals surface area contributed by atoms with E-state index in [2.05, 4.69) is 10.3 Å². The molecule has 6 heteroatoms. The summed E-state index contributed by atoms with van der Waals surface area (Å²) in [6.45, 7) is 2.32. The molecule has 1 aromatic rings. The Morgan fingerprint density at radius 3 is 2.86 bits per heavy atom. The zero-order valence-corrected chi connectivity index (χ0v) is 12.2. The van der Waals surface area contributed by atoms with Crippen LogP contribution in [0.1, 0.15) is 44.3 Å². The molecule has 0 radical (unpaired) electrons. The second kappa shape index (κ2) is 7.06. The van der Waals surface area contributed by atoms with Crippen LogP contribution >= 0.6 is 0 Å². The van der Waals surface area contributed by atoms with E-state index in [-0.39, 0.29) is 12.1 Å². The minimum atomic E-state index is -0.933. The summed E-state index contributed by atoms with van der Waals surface area (Å²) in [5, 5.41) is 12.1. The summed E-state index contributed by atoms with van der Waals surface area (Å²) in [6.07, 6.45) is 4.83. The molecule has 2 unspecified atom stereocenters. The van der Waals surface area contributed by atoms with Gasteiger partial charge in [-0.2, -0.15) is 0 Å². The lowest BCUT2D eigenvalue weighted by Gasteiger charge is -2.28. The number of carbonyl (C=O) groups excluding carboxylic acids is 1. The average molecular weight is 291 g/mol. The Labute approximate surface area is 124 Å². The summed E-state index contributed by atoms with van der Waals surface area (Å²) in [5.41, 5.74) is 0.757. The molecular formula is C15H21N3O3. The van der Waals surface area contributed by atoms with Crippen molar-refractivity contribution < 1.29 is 14.7 Å². The molecule has 1 fully saturated rings. The van der Waals surface area contributed by atoms with E-state index in [0.29, 0.717) is 13.0 Å². The van der Waals surface area contributed by atoms with Gasteiger partial charge in [-0.05, 0) is 31.9 Å². The van der Waals surface area contributed by atoms with Crippen LogP contribution in [0.25, 0.3) is 0 Å². The van der Waals surface area contributed by atoms with Crippen molar-refractivity contribution in [2.75, 3.05) is 6.54 Å². The molecule has 1 aromatic heterocycles. The van der Waals surface area contributed by atoms with Crippen LogP contribution in [0.15, 0.2) is 24.4 Å². The first kappa shape index (κ1) is 15.3. The number of hydrogen-bond acceptors (Lipinski definition) is 3. The summed E-state index contributed by atoms with van der Waals surface area (Å²) < 4.78 is 0. The van der Waals surface area contributed by atoms with Crippen molar-refractivity contribution in [2.24, 2.45) is 0 Å². The standard InChI is InChI=1S/C15H21N3O3/c1-11(12-7-4-5-9-16-12)17-15(21)18-10-6-2-3-8-13(18)14(19)20/h4-5,7,9,11,13H,2-3,6,8,10H2,1H3,(H,17,21)(H,19,20). The molecule has 0 spiro atoms. The Hall–Kier alpha value is -2.11. The van der Waals surface area contributed by atoms with Crippen molar-refractivity contribution in [3.63, 3.8) is 0 Å². The van der Waals surface area contributed by atoms with E-state index in [4.69, 9.17) is 0 Å². The van der Waals surface area contributed by atoms with Crippen LogP contribution in [-0.4, -0.2) is 39.6 Å². The number of aliphatic carboxylic acids is 1. The molecule has 0 aromatic carbocycles. The molecule has 0 aliphatic carbocycles. The highest BCUT2D eigenvalue weighted by molar-refractivity contribution is 5.82. The van der Waals surface area contributed by atoms with Crippen molar-refractivity contribution in [1.82, 2.24) is 15.2 Å². The number of carboxylic acid groups (broad SMARTS) is 1. The van der Waals surface area contributed by atoms with Crippen LogP contribution < -0.4 is 5.32 Å². The van der Waals surface area contributed by atoms with Gasteiger partial charge in [-0.15, -0.1) is 0 Å². The van der Waals surface area contributed by atoms with Crippen LogP contribution in [0.5, 0.6) is 0 Å². The molecule has 2 rings (SSSR count). The third-order valence-corrected chi connectivity index (χ3v) is 3.77. The minimum Gasteiger partial charge on any atom is -0.480 e. The second-order valence-electron chi connectivity index (χ2n) is 5.32. The number of carboxylic acids is 1. The van der Waals surface area contributed by atoms with Gasteiger partial charge >= 0.3 is 12.0 Å². The number of pyridine rings is 1. The van der Waals surface area contributed by atoms with Crippen molar-refractivity contribution >= 4 is 12.0 Å². The number of urea groups is 1. The summed E-state index contributed by atoms with van der Waals surface area (Å²) in [5.74, 6) is -0.933. The van der Waals surface area contributed by atoms with Crippen LogP contribution in [0.3, 0.4) is 0 Å². The highest BCUT2D eigenvalue weighted by atomic mass is 16.4. The summed E-state index contributed by atoms with van der Waals surface area (Å²) in [7, 11) is 0. The molecule has 0 bridgehead atoms. The first-order valence-electron chi connectivity index (χ1n) is 7.30. The van der Waals surface area contributed by atoms with E-state index >= 15 is 0 Å². The van der Waals surface area contributed by atoms with Gasteiger partial charge in [0, 0.05) is 12.7 Å². The molecule has 6 nitrogen and oxygen atoms in total. The SMILES string of the molecule is CC(NC(=O)N1CCCCCC1C(=O)O)c1ccccn1. The monoisotopic (exact) mass is 291 g/mol. The van der Waals surface area contributed by atoms with Gasteiger partial charge in [-0.25, -0.2) is 9.59 Å². The Morgan fingerprint density at radius 1 is 1.38 bits per heavy atom. The molecule has 21 heavy (non-hydrogen) atoms. The summed E-state index contributed by atoms with van der Waals surface area (Å²) in [6, 6.07) is 4.19. The maximum Gasteiger partial charge on any atom is 0.326 e. The van der Waals surface area contributed by atoms with Gasteiger partial charge in [-0.3, -0.25) is 4.98 Å². The maximum absolute atomic E-state index is 12.4. The minimum absolute atomic E-state index is 0.253. The largest absolute Gasteiger partial charge is 0.480 e. The van der Waals surface area contributed by atoms with Gasteiger partial charge in [0.25, 0.3) is 0 Å². The van der Waals surface area contributed by atoms with Crippen LogP contribution in [0, 0.1) is 0 Å². The zero-order chi connectivity index (χ0) is 15.2. The van der Waals surface area contributed by atoms with E-state index < -0.39 is 12.0 Å². The molecule has 2 amide bonds. The Balaban J connectivity index is 2.05. The lowest BCUT2D eigenvalue weighted by atomic mass is 10.1. The number of carbonyl (C=O) groups is 2. The zero-order valence-electron chi connectivity index (χ0n) is 12.2. The van der Waals surface area contributed by atoms with E-state index in [1.165, 1.54) is 4.90 Å². The average Bonchev–Trinajstić information content (AvgIpc) is 2.74.